The molecular weight excluding hydrogens is 377 g/mol. The number of carbonyl (C=O) groups excluding carboxylic acids is 2. The predicted octanol–water partition coefficient (Wildman–Crippen LogP) is 3.66. The Labute approximate surface area is 169 Å². The van der Waals surface area contributed by atoms with Crippen molar-refractivity contribution in [3.8, 4) is 11.5 Å². The van der Waals surface area contributed by atoms with Crippen LogP contribution in [0.4, 0.5) is 4.39 Å². The lowest BCUT2D eigenvalue weighted by atomic mass is 9.95. The summed E-state index contributed by atoms with van der Waals surface area (Å²) in [6.45, 7) is 4.73. The van der Waals surface area contributed by atoms with Crippen molar-refractivity contribution in [2.24, 2.45) is 5.92 Å². The highest BCUT2D eigenvalue weighted by Crippen LogP contribution is 2.34. The summed E-state index contributed by atoms with van der Waals surface area (Å²) in [5, 5.41) is 2.90. The summed E-state index contributed by atoms with van der Waals surface area (Å²) < 4.78 is 29.3. The largest absolute Gasteiger partial charge is 0.490 e. The van der Waals surface area contributed by atoms with Crippen LogP contribution in [0.15, 0.2) is 42.5 Å². The highest BCUT2D eigenvalue weighted by molar-refractivity contribution is 5.91. The predicted molar refractivity (Wildman–Crippen MR) is 104 cm³/mol. The van der Waals surface area contributed by atoms with E-state index in [-0.39, 0.29) is 17.5 Å². The van der Waals surface area contributed by atoms with Crippen LogP contribution in [0.1, 0.15) is 42.2 Å². The van der Waals surface area contributed by atoms with Gasteiger partial charge in [-0.05, 0) is 47.9 Å². The number of hydrogen-bond acceptors (Lipinski definition) is 5. The van der Waals surface area contributed by atoms with Crippen molar-refractivity contribution in [1.29, 1.82) is 0 Å². The lowest BCUT2D eigenvalue weighted by molar-refractivity contribution is -0.125. The van der Waals surface area contributed by atoms with Crippen molar-refractivity contribution in [1.82, 2.24) is 5.32 Å². The molecule has 6 nitrogen and oxygen atoms in total. The first-order valence-electron chi connectivity index (χ1n) is 9.55. The number of ether oxygens (including phenoxy) is 3. The third-order valence-corrected chi connectivity index (χ3v) is 4.53. The Balaban J connectivity index is 1.63. The standard InChI is InChI=1S/C22H24FNO5/c1-14(2)21(16-6-9-18-19(12-16)28-11-3-10-27-18)24-20(25)13-29-22(26)15-4-7-17(23)8-5-15/h4-9,12,14,21H,3,10-11,13H2,1-2H3,(H,24,25)/t21-/m1/s1. The minimum absolute atomic E-state index is 0.0940. The van der Waals surface area contributed by atoms with Crippen molar-refractivity contribution in [2.75, 3.05) is 19.8 Å². The van der Waals surface area contributed by atoms with Gasteiger partial charge < -0.3 is 19.5 Å². The summed E-state index contributed by atoms with van der Waals surface area (Å²) in [4.78, 5) is 24.3. The quantitative estimate of drug-likeness (QED) is 0.748. The molecule has 0 bridgehead atoms. The van der Waals surface area contributed by atoms with Crippen LogP contribution < -0.4 is 14.8 Å². The molecule has 0 fully saturated rings. The zero-order valence-electron chi connectivity index (χ0n) is 16.4. The Hall–Kier alpha value is -3.09. The highest BCUT2D eigenvalue weighted by Gasteiger charge is 2.22. The summed E-state index contributed by atoms with van der Waals surface area (Å²) in [6, 6.07) is 10.3. The minimum atomic E-state index is -0.683. The van der Waals surface area contributed by atoms with Crippen LogP contribution in [0, 0.1) is 11.7 Å². The summed E-state index contributed by atoms with van der Waals surface area (Å²) in [7, 11) is 0. The molecular formula is C22H24FNO5. The van der Waals surface area contributed by atoms with E-state index in [1.54, 1.807) is 0 Å². The van der Waals surface area contributed by atoms with Crippen LogP contribution in [0.2, 0.25) is 0 Å². The first-order chi connectivity index (χ1) is 13.9. The van der Waals surface area contributed by atoms with Gasteiger partial charge in [-0.25, -0.2) is 9.18 Å². The Morgan fingerprint density at radius 3 is 2.45 bits per heavy atom. The lowest BCUT2D eigenvalue weighted by Crippen LogP contribution is -2.35. The number of carbonyl (C=O) groups is 2. The van der Waals surface area contributed by atoms with Crippen molar-refractivity contribution < 1.29 is 28.2 Å². The third kappa shape index (κ3) is 5.47. The van der Waals surface area contributed by atoms with Crippen molar-refractivity contribution >= 4 is 11.9 Å². The van der Waals surface area contributed by atoms with E-state index in [2.05, 4.69) is 5.32 Å². The van der Waals surface area contributed by atoms with E-state index in [0.29, 0.717) is 24.7 Å². The molecule has 154 valence electrons. The Kier molecular flexibility index (Phi) is 6.69. The Morgan fingerprint density at radius 2 is 1.76 bits per heavy atom. The third-order valence-electron chi connectivity index (χ3n) is 4.53. The van der Waals surface area contributed by atoms with Gasteiger partial charge in [0, 0.05) is 6.42 Å². The highest BCUT2D eigenvalue weighted by atomic mass is 19.1. The number of hydrogen-bond donors (Lipinski definition) is 1. The first-order valence-corrected chi connectivity index (χ1v) is 9.55. The van der Waals surface area contributed by atoms with Crippen LogP contribution in [0.25, 0.3) is 0 Å². The molecule has 0 saturated carbocycles. The van der Waals surface area contributed by atoms with E-state index in [1.807, 2.05) is 32.0 Å². The maximum absolute atomic E-state index is 12.9. The zero-order valence-corrected chi connectivity index (χ0v) is 16.4. The Bertz CT molecular complexity index is 866. The van der Waals surface area contributed by atoms with E-state index in [1.165, 1.54) is 12.1 Å². The van der Waals surface area contributed by atoms with Gasteiger partial charge in [0.05, 0.1) is 24.8 Å². The van der Waals surface area contributed by atoms with Gasteiger partial charge in [-0.3, -0.25) is 4.79 Å². The summed E-state index contributed by atoms with van der Waals surface area (Å²) in [5.74, 6) is -0.121. The van der Waals surface area contributed by atoms with E-state index >= 15 is 0 Å². The summed E-state index contributed by atoms with van der Waals surface area (Å²) >= 11 is 0. The Morgan fingerprint density at radius 1 is 1.07 bits per heavy atom. The number of fused-ring (bicyclic) bond motifs is 1. The maximum Gasteiger partial charge on any atom is 0.338 e. The SMILES string of the molecule is CC(C)[C@@H](NC(=O)COC(=O)c1ccc(F)cc1)c1ccc2c(c1)OCCCO2. The molecule has 1 N–H and O–H groups in total. The number of rotatable bonds is 6. The molecule has 2 aromatic rings. The van der Waals surface area contributed by atoms with Crippen LogP contribution >= 0.6 is 0 Å². The van der Waals surface area contributed by atoms with Gasteiger partial charge in [0.1, 0.15) is 5.82 Å². The van der Waals surface area contributed by atoms with Crippen LogP contribution in [0.3, 0.4) is 0 Å². The van der Waals surface area contributed by atoms with E-state index in [9.17, 15) is 14.0 Å². The van der Waals surface area contributed by atoms with Crippen molar-refractivity contribution in [3.05, 3.63) is 59.4 Å². The van der Waals surface area contributed by atoms with Gasteiger partial charge in [-0.1, -0.05) is 19.9 Å². The number of benzene rings is 2. The van der Waals surface area contributed by atoms with E-state index < -0.39 is 24.3 Å². The normalized spacial score (nSPS) is 14.1. The lowest BCUT2D eigenvalue weighted by Gasteiger charge is -2.23. The average molecular weight is 401 g/mol. The van der Waals surface area contributed by atoms with Gasteiger partial charge in [-0.2, -0.15) is 0 Å². The molecule has 1 aliphatic heterocycles. The van der Waals surface area contributed by atoms with Crippen molar-refractivity contribution in [2.45, 2.75) is 26.3 Å². The molecule has 7 heteroatoms. The van der Waals surface area contributed by atoms with E-state index in [4.69, 9.17) is 14.2 Å². The van der Waals surface area contributed by atoms with Gasteiger partial charge in [-0.15, -0.1) is 0 Å². The molecule has 1 heterocycles. The monoisotopic (exact) mass is 401 g/mol. The molecule has 0 unspecified atom stereocenters. The molecule has 1 aliphatic rings. The molecule has 3 rings (SSSR count). The van der Waals surface area contributed by atoms with Gasteiger partial charge in [0.25, 0.3) is 5.91 Å². The fourth-order valence-electron chi connectivity index (χ4n) is 3.02. The molecule has 0 radical (unpaired) electrons. The molecule has 0 aromatic heterocycles. The second kappa shape index (κ2) is 9.41. The van der Waals surface area contributed by atoms with Gasteiger partial charge >= 0.3 is 5.97 Å². The van der Waals surface area contributed by atoms with Gasteiger partial charge in [0.2, 0.25) is 0 Å². The number of halogens is 1. The molecule has 29 heavy (non-hydrogen) atoms. The molecule has 2 aromatic carbocycles. The maximum atomic E-state index is 12.9. The fraction of sp³-hybridized carbons (Fsp3) is 0.364. The second-order valence-electron chi connectivity index (χ2n) is 7.13. The topological polar surface area (TPSA) is 73.9 Å². The number of esters is 1. The molecule has 0 aliphatic carbocycles. The zero-order chi connectivity index (χ0) is 20.8. The van der Waals surface area contributed by atoms with Crippen LogP contribution in [0.5, 0.6) is 11.5 Å². The number of amides is 1. The smallest absolute Gasteiger partial charge is 0.338 e. The van der Waals surface area contributed by atoms with E-state index in [0.717, 1.165) is 24.1 Å². The molecule has 1 atom stereocenters. The number of nitrogens with one attached hydrogen (secondary N) is 1. The minimum Gasteiger partial charge on any atom is -0.490 e. The second-order valence-corrected chi connectivity index (χ2v) is 7.13. The molecule has 0 spiro atoms. The summed E-state index contributed by atoms with van der Waals surface area (Å²) in [5.41, 5.74) is 1.06. The molecule has 1 amide bonds. The first kappa shape index (κ1) is 20.6. The average Bonchev–Trinajstić information content (AvgIpc) is 2.95. The van der Waals surface area contributed by atoms with Gasteiger partial charge in [0.15, 0.2) is 18.1 Å². The fourth-order valence-corrected chi connectivity index (χ4v) is 3.02. The van der Waals surface area contributed by atoms with Crippen LogP contribution in [-0.4, -0.2) is 31.7 Å². The van der Waals surface area contributed by atoms with Crippen molar-refractivity contribution in [3.63, 3.8) is 0 Å². The van der Waals surface area contributed by atoms with Crippen LogP contribution in [-0.2, 0) is 9.53 Å². The molecule has 0 saturated heterocycles. The summed E-state index contributed by atoms with van der Waals surface area (Å²) in [6.07, 6.45) is 0.813.